The standard InChI is InChI=1S/C5H11P/c1-5-3-2-4-6-5/h5-6H,2-4H2,1H3. The van der Waals surface area contributed by atoms with Gasteiger partial charge in [-0.3, -0.25) is 0 Å². The van der Waals surface area contributed by atoms with Crippen LogP contribution in [-0.4, -0.2) is 11.8 Å². The highest BCUT2D eigenvalue weighted by Gasteiger charge is 2.06. The van der Waals surface area contributed by atoms with Gasteiger partial charge in [-0.15, -0.1) is 8.58 Å². The molecule has 36 valence electrons. The van der Waals surface area contributed by atoms with Gasteiger partial charge in [-0.2, -0.15) is 0 Å². The lowest BCUT2D eigenvalue weighted by molar-refractivity contribution is 0.837. The summed E-state index contributed by atoms with van der Waals surface area (Å²) in [5.74, 6) is 0. The second kappa shape index (κ2) is 1.93. The average Bonchev–Trinajstić information content (AvgIpc) is 1.86. The molecule has 1 heterocycles. The van der Waals surface area contributed by atoms with E-state index in [1.807, 2.05) is 0 Å². The third-order valence-electron chi connectivity index (χ3n) is 1.31. The predicted octanol–water partition coefficient (Wildman–Crippen LogP) is 1.85. The Kier molecular flexibility index (Phi) is 1.48. The molecule has 2 atom stereocenters. The van der Waals surface area contributed by atoms with E-state index >= 15 is 0 Å². The average molecular weight is 102 g/mol. The summed E-state index contributed by atoms with van der Waals surface area (Å²) < 4.78 is 0. The van der Waals surface area contributed by atoms with Crippen LogP contribution in [-0.2, 0) is 0 Å². The molecule has 2 unspecified atom stereocenters. The van der Waals surface area contributed by atoms with Crippen molar-refractivity contribution in [3.63, 3.8) is 0 Å². The molecular formula is C5H11P. The first-order valence-electron chi connectivity index (χ1n) is 2.63. The Labute approximate surface area is 41.1 Å². The van der Waals surface area contributed by atoms with Gasteiger partial charge in [-0.1, -0.05) is 6.92 Å². The fourth-order valence-electron chi connectivity index (χ4n) is 0.859. The summed E-state index contributed by atoms with van der Waals surface area (Å²) in [6.07, 6.45) is 4.51. The SMILES string of the molecule is CC1CCCP1. The van der Waals surface area contributed by atoms with Crippen molar-refractivity contribution in [2.24, 2.45) is 0 Å². The highest BCUT2D eigenvalue weighted by atomic mass is 31.1. The third kappa shape index (κ3) is 0.944. The van der Waals surface area contributed by atoms with Crippen LogP contribution in [0.2, 0.25) is 0 Å². The fraction of sp³-hybridized carbons (Fsp3) is 1.00. The molecule has 1 rings (SSSR count). The summed E-state index contributed by atoms with van der Waals surface area (Å²) in [6, 6.07) is 0. The van der Waals surface area contributed by atoms with Gasteiger partial charge in [0.1, 0.15) is 0 Å². The minimum Gasteiger partial charge on any atom is -0.119 e. The van der Waals surface area contributed by atoms with Gasteiger partial charge in [0.2, 0.25) is 0 Å². The molecule has 0 amide bonds. The minimum atomic E-state index is 1.07. The van der Waals surface area contributed by atoms with Crippen molar-refractivity contribution in [1.82, 2.24) is 0 Å². The Hall–Kier alpha value is 0.430. The van der Waals surface area contributed by atoms with Crippen molar-refractivity contribution in [2.45, 2.75) is 25.4 Å². The van der Waals surface area contributed by atoms with Crippen molar-refractivity contribution in [3.8, 4) is 0 Å². The fourth-order valence-corrected chi connectivity index (χ4v) is 2.17. The normalized spacial score (nSPS) is 38.5. The van der Waals surface area contributed by atoms with Crippen molar-refractivity contribution in [1.29, 1.82) is 0 Å². The maximum absolute atomic E-state index is 2.35. The summed E-state index contributed by atoms with van der Waals surface area (Å²) >= 11 is 0. The zero-order valence-corrected chi connectivity index (χ0v) is 5.20. The van der Waals surface area contributed by atoms with Gasteiger partial charge in [0.25, 0.3) is 0 Å². The lowest BCUT2D eigenvalue weighted by Crippen LogP contribution is -1.80. The molecule has 0 N–H and O–H groups in total. The molecule has 6 heavy (non-hydrogen) atoms. The molecule has 0 saturated carbocycles. The van der Waals surface area contributed by atoms with Crippen molar-refractivity contribution < 1.29 is 0 Å². The summed E-state index contributed by atoms with van der Waals surface area (Å²) in [5, 5.41) is 0. The predicted molar refractivity (Wildman–Crippen MR) is 31.9 cm³/mol. The first kappa shape index (κ1) is 4.59. The zero-order chi connectivity index (χ0) is 4.41. The van der Waals surface area contributed by atoms with E-state index in [1.165, 1.54) is 27.6 Å². The molecule has 0 spiro atoms. The molecule has 0 nitrogen and oxygen atoms in total. The van der Waals surface area contributed by atoms with E-state index in [0.717, 1.165) is 5.66 Å². The first-order chi connectivity index (χ1) is 2.89. The second-order valence-corrected chi connectivity index (χ2v) is 3.89. The van der Waals surface area contributed by atoms with Crippen LogP contribution in [0, 0.1) is 0 Å². The van der Waals surface area contributed by atoms with Gasteiger partial charge in [-0.05, 0) is 24.7 Å². The van der Waals surface area contributed by atoms with E-state index in [4.69, 9.17) is 0 Å². The van der Waals surface area contributed by atoms with Crippen LogP contribution in [0.5, 0.6) is 0 Å². The summed E-state index contributed by atoms with van der Waals surface area (Å²) in [7, 11) is 1.28. The van der Waals surface area contributed by atoms with Gasteiger partial charge in [0.05, 0.1) is 0 Å². The van der Waals surface area contributed by atoms with Crippen molar-refractivity contribution >= 4 is 8.58 Å². The summed E-state index contributed by atoms with van der Waals surface area (Å²) in [5.41, 5.74) is 1.07. The first-order valence-corrected chi connectivity index (χ1v) is 3.91. The molecular weight excluding hydrogens is 91.0 g/mol. The Morgan fingerprint density at radius 2 is 2.50 bits per heavy atom. The van der Waals surface area contributed by atoms with Crippen LogP contribution in [0.4, 0.5) is 0 Å². The van der Waals surface area contributed by atoms with Crippen LogP contribution < -0.4 is 0 Å². The maximum atomic E-state index is 2.35. The van der Waals surface area contributed by atoms with Crippen LogP contribution >= 0.6 is 8.58 Å². The van der Waals surface area contributed by atoms with E-state index in [2.05, 4.69) is 6.92 Å². The Morgan fingerprint density at radius 1 is 1.67 bits per heavy atom. The Morgan fingerprint density at radius 3 is 2.67 bits per heavy atom. The molecule has 1 saturated heterocycles. The van der Waals surface area contributed by atoms with Gasteiger partial charge >= 0.3 is 0 Å². The largest absolute Gasteiger partial charge is 0.119 e. The van der Waals surface area contributed by atoms with Gasteiger partial charge in [0, 0.05) is 0 Å². The van der Waals surface area contributed by atoms with Crippen LogP contribution in [0.15, 0.2) is 0 Å². The summed E-state index contributed by atoms with van der Waals surface area (Å²) in [4.78, 5) is 0. The molecule has 1 heteroatoms. The Bertz CT molecular complexity index is 37.2. The van der Waals surface area contributed by atoms with Crippen LogP contribution in [0.3, 0.4) is 0 Å². The maximum Gasteiger partial charge on any atom is -0.0265 e. The summed E-state index contributed by atoms with van der Waals surface area (Å²) in [6.45, 7) is 2.35. The molecule has 1 aliphatic heterocycles. The number of rotatable bonds is 0. The van der Waals surface area contributed by atoms with E-state index in [-0.39, 0.29) is 0 Å². The highest BCUT2D eigenvalue weighted by Crippen LogP contribution is 2.31. The molecule has 0 aromatic carbocycles. The van der Waals surface area contributed by atoms with Crippen molar-refractivity contribution in [3.05, 3.63) is 0 Å². The molecule has 0 bridgehead atoms. The van der Waals surface area contributed by atoms with E-state index in [1.54, 1.807) is 0 Å². The second-order valence-electron chi connectivity index (χ2n) is 2.00. The lowest BCUT2D eigenvalue weighted by Gasteiger charge is -1.91. The lowest BCUT2D eigenvalue weighted by atomic mass is 10.3. The topological polar surface area (TPSA) is 0 Å². The Balaban J connectivity index is 2.18. The van der Waals surface area contributed by atoms with Crippen LogP contribution in [0.25, 0.3) is 0 Å². The molecule has 0 radical (unpaired) electrons. The van der Waals surface area contributed by atoms with E-state index in [9.17, 15) is 0 Å². The van der Waals surface area contributed by atoms with Crippen molar-refractivity contribution in [2.75, 3.05) is 6.16 Å². The third-order valence-corrected chi connectivity index (χ3v) is 2.93. The number of hydrogen-bond acceptors (Lipinski definition) is 0. The van der Waals surface area contributed by atoms with Gasteiger partial charge in [0.15, 0.2) is 0 Å². The molecule has 0 aromatic rings. The van der Waals surface area contributed by atoms with Gasteiger partial charge in [-0.25, -0.2) is 0 Å². The number of hydrogen-bond donors (Lipinski definition) is 0. The molecule has 1 fully saturated rings. The van der Waals surface area contributed by atoms with E-state index < -0.39 is 0 Å². The van der Waals surface area contributed by atoms with E-state index in [0.29, 0.717) is 0 Å². The minimum absolute atomic E-state index is 1.07. The molecule has 0 aliphatic carbocycles. The smallest absolute Gasteiger partial charge is 0.0265 e. The molecule has 1 aliphatic rings. The zero-order valence-electron chi connectivity index (χ0n) is 4.20. The highest BCUT2D eigenvalue weighted by molar-refractivity contribution is 7.39. The molecule has 0 aromatic heterocycles. The quantitative estimate of drug-likeness (QED) is 0.409. The van der Waals surface area contributed by atoms with Gasteiger partial charge < -0.3 is 0 Å². The van der Waals surface area contributed by atoms with Crippen LogP contribution in [0.1, 0.15) is 19.8 Å². The monoisotopic (exact) mass is 102 g/mol.